The fourth-order valence-electron chi connectivity index (χ4n) is 1.73. The molecule has 1 amide bonds. The molecule has 2 rings (SSSR count). The van der Waals surface area contributed by atoms with Crippen molar-refractivity contribution in [3.63, 3.8) is 0 Å². The molecule has 14 heavy (non-hydrogen) atoms. The second-order valence-electron chi connectivity index (χ2n) is 3.56. The Labute approximate surface area is 82.5 Å². The first kappa shape index (κ1) is 8.99. The van der Waals surface area contributed by atoms with Gasteiger partial charge in [-0.2, -0.15) is 0 Å². The fraction of sp³-hybridized carbons (Fsp3) is 0.400. The summed E-state index contributed by atoms with van der Waals surface area (Å²) in [5.41, 5.74) is 6.60. The van der Waals surface area contributed by atoms with Crippen molar-refractivity contribution in [1.29, 1.82) is 0 Å². The predicted octanol–water partition coefficient (Wildman–Crippen LogP) is 0.657. The predicted molar refractivity (Wildman–Crippen MR) is 53.6 cm³/mol. The molecule has 0 aliphatic carbocycles. The molecule has 1 saturated heterocycles. The van der Waals surface area contributed by atoms with E-state index in [1.807, 2.05) is 6.07 Å². The molecular formula is C10H13N3O. The van der Waals surface area contributed by atoms with Crippen LogP contribution in [-0.2, 0) is 4.79 Å². The lowest BCUT2D eigenvalue weighted by atomic mass is 9.91. The van der Waals surface area contributed by atoms with Crippen LogP contribution < -0.4 is 11.1 Å². The van der Waals surface area contributed by atoms with Crippen molar-refractivity contribution in [2.24, 2.45) is 0 Å². The van der Waals surface area contributed by atoms with Crippen LogP contribution in [0.5, 0.6) is 0 Å². The molecule has 1 aromatic rings. The van der Waals surface area contributed by atoms with Crippen LogP contribution in [0, 0.1) is 0 Å². The summed E-state index contributed by atoms with van der Waals surface area (Å²) in [7, 11) is 0. The average Bonchev–Trinajstić information content (AvgIpc) is 2.19. The summed E-state index contributed by atoms with van der Waals surface area (Å²) in [5.74, 6) is 0.948. The van der Waals surface area contributed by atoms with Gasteiger partial charge in [-0.1, -0.05) is 6.07 Å². The highest BCUT2D eigenvalue weighted by atomic mass is 16.1. The maximum absolute atomic E-state index is 11.2. The van der Waals surface area contributed by atoms with Crippen molar-refractivity contribution in [2.45, 2.75) is 18.8 Å². The summed E-state index contributed by atoms with van der Waals surface area (Å²) in [6.45, 7) is 0.758. The van der Waals surface area contributed by atoms with E-state index in [4.69, 9.17) is 5.73 Å². The summed E-state index contributed by atoms with van der Waals surface area (Å²) in [4.78, 5) is 15.2. The van der Waals surface area contributed by atoms with Gasteiger partial charge in [0.05, 0.1) is 0 Å². The van der Waals surface area contributed by atoms with Gasteiger partial charge in [-0.25, -0.2) is 4.98 Å². The zero-order chi connectivity index (χ0) is 9.97. The molecule has 0 radical (unpaired) electrons. The van der Waals surface area contributed by atoms with E-state index in [2.05, 4.69) is 10.3 Å². The van der Waals surface area contributed by atoms with Crippen LogP contribution >= 0.6 is 0 Å². The number of hydrogen-bond donors (Lipinski definition) is 2. The fourth-order valence-corrected chi connectivity index (χ4v) is 1.73. The Balaban J connectivity index is 2.14. The molecular weight excluding hydrogens is 178 g/mol. The van der Waals surface area contributed by atoms with E-state index in [-0.39, 0.29) is 5.91 Å². The number of aromatic nitrogens is 1. The van der Waals surface area contributed by atoms with Crippen molar-refractivity contribution in [2.75, 3.05) is 12.3 Å². The molecule has 1 aliphatic heterocycles. The van der Waals surface area contributed by atoms with Crippen LogP contribution in [0.4, 0.5) is 5.82 Å². The Morgan fingerprint density at radius 1 is 1.50 bits per heavy atom. The van der Waals surface area contributed by atoms with E-state index < -0.39 is 0 Å². The Morgan fingerprint density at radius 2 is 2.36 bits per heavy atom. The van der Waals surface area contributed by atoms with Gasteiger partial charge in [0.1, 0.15) is 5.82 Å². The van der Waals surface area contributed by atoms with Crippen LogP contribution in [0.15, 0.2) is 18.3 Å². The maximum Gasteiger partial charge on any atom is 0.220 e. The Hall–Kier alpha value is -1.58. The lowest BCUT2D eigenvalue weighted by Gasteiger charge is -2.21. The lowest BCUT2D eigenvalue weighted by molar-refractivity contribution is -0.122. The minimum atomic E-state index is 0.123. The number of anilines is 1. The normalized spacial score (nSPS) is 21.7. The van der Waals surface area contributed by atoms with E-state index >= 15 is 0 Å². The number of hydrogen-bond acceptors (Lipinski definition) is 3. The van der Waals surface area contributed by atoms with Gasteiger partial charge < -0.3 is 11.1 Å². The van der Waals surface area contributed by atoms with Crippen LogP contribution in [0.3, 0.4) is 0 Å². The molecule has 0 spiro atoms. The van der Waals surface area contributed by atoms with Gasteiger partial charge >= 0.3 is 0 Å². The first-order valence-corrected chi connectivity index (χ1v) is 4.74. The molecule has 3 N–H and O–H groups in total. The number of piperidine rings is 1. The smallest absolute Gasteiger partial charge is 0.220 e. The first-order valence-electron chi connectivity index (χ1n) is 4.74. The number of nitrogens with one attached hydrogen (secondary N) is 1. The van der Waals surface area contributed by atoms with Crippen LogP contribution in [-0.4, -0.2) is 17.4 Å². The molecule has 0 unspecified atom stereocenters. The van der Waals surface area contributed by atoms with E-state index in [9.17, 15) is 4.79 Å². The van der Waals surface area contributed by atoms with Gasteiger partial charge in [-0.15, -0.1) is 0 Å². The number of carbonyl (C=O) groups is 1. The second-order valence-corrected chi connectivity index (χ2v) is 3.56. The Morgan fingerprint density at radius 3 is 3.00 bits per heavy atom. The van der Waals surface area contributed by atoms with Crippen LogP contribution in [0.1, 0.15) is 24.3 Å². The van der Waals surface area contributed by atoms with Gasteiger partial charge in [0.25, 0.3) is 0 Å². The monoisotopic (exact) mass is 191 g/mol. The van der Waals surface area contributed by atoms with E-state index in [1.54, 1.807) is 12.3 Å². The molecule has 0 aromatic carbocycles. The Kier molecular flexibility index (Phi) is 2.35. The largest absolute Gasteiger partial charge is 0.384 e. The van der Waals surface area contributed by atoms with Gasteiger partial charge in [0.15, 0.2) is 0 Å². The first-order chi connectivity index (χ1) is 6.75. The maximum atomic E-state index is 11.2. The third kappa shape index (κ3) is 1.84. The third-order valence-electron chi connectivity index (χ3n) is 2.53. The molecule has 1 fully saturated rings. The second kappa shape index (κ2) is 3.65. The van der Waals surface area contributed by atoms with E-state index in [0.717, 1.165) is 18.5 Å². The van der Waals surface area contributed by atoms with E-state index in [1.165, 1.54) is 0 Å². The van der Waals surface area contributed by atoms with Gasteiger partial charge in [-0.05, 0) is 24.0 Å². The van der Waals surface area contributed by atoms with Crippen molar-refractivity contribution in [1.82, 2.24) is 10.3 Å². The number of rotatable bonds is 1. The number of amides is 1. The molecule has 0 bridgehead atoms. The molecule has 4 heteroatoms. The summed E-state index contributed by atoms with van der Waals surface area (Å²) < 4.78 is 0. The van der Waals surface area contributed by atoms with Crippen LogP contribution in [0.25, 0.3) is 0 Å². The van der Waals surface area contributed by atoms with Crippen LogP contribution in [0.2, 0.25) is 0 Å². The summed E-state index contributed by atoms with van der Waals surface area (Å²) in [6.07, 6.45) is 3.31. The minimum absolute atomic E-state index is 0.123. The molecule has 0 saturated carbocycles. The van der Waals surface area contributed by atoms with Crippen molar-refractivity contribution >= 4 is 11.7 Å². The molecule has 1 aromatic heterocycles. The quantitative estimate of drug-likeness (QED) is 0.685. The molecule has 1 atom stereocenters. The average molecular weight is 191 g/mol. The zero-order valence-corrected chi connectivity index (χ0v) is 7.86. The lowest BCUT2D eigenvalue weighted by Crippen LogP contribution is -2.32. The number of pyridine rings is 1. The van der Waals surface area contributed by atoms with Crippen molar-refractivity contribution in [3.8, 4) is 0 Å². The SMILES string of the molecule is Nc1ccc([C@H]2CCNC(=O)C2)cn1. The van der Waals surface area contributed by atoms with E-state index in [0.29, 0.717) is 18.2 Å². The standard InChI is InChI=1S/C10H13N3O/c11-9-2-1-8(6-13-9)7-3-4-12-10(14)5-7/h1-2,6-7H,3-5H2,(H2,11,13)(H,12,14)/t7-/m0/s1. The summed E-state index contributed by atoms with van der Waals surface area (Å²) in [5, 5.41) is 2.81. The molecule has 2 heterocycles. The van der Waals surface area contributed by atoms with Crippen molar-refractivity contribution in [3.05, 3.63) is 23.9 Å². The molecule has 74 valence electrons. The van der Waals surface area contributed by atoms with Crippen molar-refractivity contribution < 1.29 is 4.79 Å². The zero-order valence-electron chi connectivity index (χ0n) is 7.86. The van der Waals surface area contributed by atoms with Gasteiger partial charge in [0, 0.05) is 19.2 Å². The number of nitrogens with zero attached hydrogens (tertiary/aromatic N) is 1. The number of nitrogen functional groups attached to an aromatic ring is 1. The number of nitrogens with two attached hydrogens (primary N) is 1. The highest BCUT2D eigenvalue weighted by Crippen LogP contribution is 2.25. The highest BCUT2D eigenvalue weighted by Gasteiger charge is 2.20. The molecule has 4 nitrogen and oxygen atoms in total. The Bertz CT molecular complexity index is 334. The molecule has 1 aliphatic rings. The van der Waals surface area contributed by atoms with Gasteiger partial charge in [-0.3, -0.25) is 4.79 Å². The summed E-state index contributed by atoms with van der Waals surface area (Å²) in [6, 6.07) is 3.73. The van der Waals surface area contributed by atoms with Gasteiger partial charge in [0.2, 0.25) is 5.91 Å². The third-order valence-corrected chi connectivity index (χ3v) is 2.53. The summed E-state index contributed by atoms with van der Waals surface area (Å²) >= 11 is 0. The minimum Gasteiger partial charge on any atom is -0.384 e. The topological polar surface area (TPSA) is 68.0 Å². The highest BCUT2D eigenvalue weighted by molar-refractivity contribution is 5.77. The number of carbonyl (C=O) groups excluding carboxylic acids is 1.